The molecule has 0 aliphatic heterocycles. The quantitative estimate of drug-likeness (QED) is 0.486. The summed E-state index contributed by atoms with van der Waals surface area (Å²) in [5, 5.41) is 16.1. The van der Waals surface area contributed by atoms with Crippen LogP contribution in [-0.2, 0) is 0 Å². The molecule has 0 spiro atoms. The number of nitrogens with one attached hydrogen (secondary N) is 1. The highest BCUT2D eigenvalue weighted by molar-refractivity contribution is 6.07. The first-order chi connectivity index (χ1) is 6.57. The summed E-state index contributed by atoms with van der Waals surface area (Å²) in [4.78, 5) is 10.8. The fourth-order valence-corrected chi connectivity index (χ4v) is 1.16. The number of nitrogen functional groups attached to an aromatic ring is 1. The van der Waals surface area contributed by atoms with Gasteiger partial charge in [-0.1, -0.05) is 6.07 Å². The van der Waals surface area contributed by atoms with Gasteiger partial charge in [0.15, 0.2) is 0 Å². The molecule has 1 aromatic rings. The second kappa shape index (κ2) is 3.78. The highest BCUT2D eigenvalue weighted by atomic mass is 16.5. The van der Waals surface area contributed by atoms with Crippen molar-refractivity contribution in [3.63, 3.8) is 0 Å². The summed E-state index contributed by atoms with van der Waals surface area (Å²) < 4.78 is 4.91. The zero-order valence-electron chi connectivity index (χ0n) is 7.57. The summed E-state index contributed by atoms with van der Waals surface area (Å²) in [5.41, 5.74) is 5.35. The summed E-state index contributed by atoms with van der Waals surface area (Å²) in [6.07, 6.45) is 0. The van der Waals surface area contributed by atoms with Crippen LogP contribution >= 0.6 is 0 Å². The lowest BCUT2D eigenvalue weighted by Gasteiger charge is -2.09. The van der Waals surface area contributed by atoms with Gasteiger partial charge in [-0.2, -0.15) is 0 Å². The monoisotopic (exact) mass is 194 g/mol. The SMILES string of the molecule is COc1cccc(C(=O)O)c1C(=N)N. The first kappa shape index (κ1) is 10.0. The highest BCUT2D eigenvalue weighted by Crippen LogP contribution is 2.21. The summed E-state index contributed by atoms with van der Waals surface area (Å²) >= 11 is 0. The van der Waals surface area contributed by atoms with Gasteiger partial charge in [0.1, 0.15) is 11.6 Å². The lowest BCUT2D eigenvalue weighted by atomic mass is 10.1. The largest absolute Gasteiger partial charge is 0.496 e. The third-order valence-corrected chi connectivity index (χ3v) is 1.75. The normalized spacial score (nSPS) is 9.50. The van der Waals surface area contributed by atoms with Crippen LogP contribution in [0, 0.1) is 5.41 Å². The smallest absolute Gasteiger partial charge is 0.336 e. The van der Waals surface area contributed by atoms with Crippen molar-refractivity contribution in [2.45, 2.75) is 0 Å². The highest BCUT2D eigenvalue weighted by Gasteiger charge is 2.16. The molecule has 0 atom stereocenters. The van der Waals surface area contributed by atoms with Gasteiger partial charge in [-0.05, 0) is 12.1 Å². The van der Waals surface area contributed by atoms with Gasteiger partial charge in [0.05, 0.1) is 18.2 Å². The topological polar surface area (TPSA) is 96.4 Å². The Labute approximate surface area is 80.6 Å². The predicted octanol–water partition coefficient (Wildman–Crippen LogP) is 0.677. The van der Waals surface area contributed by atoms with Crippen LogP contribution in [0.2, 0.25) is 0 Å². The zero-order chi connectivity index (χ0) is 10.7. The van der Waals surface area contributed by atoms with Crippen LogP contribution in [0.4, 0.5) is 0 Å². The average Bonchev–Trinajstić information content (AvgIpc) is 2.16. The molecule has 0 amide bonds. The van der Waals surface area contributed by atoms with Gasteiger partial charge in [0.2, 0.25) is 0 Å². The molecule has 0 saturated heterocycles. The minimum Gasteiger partial charge on any atom is -0.496 e. The van der Waals surface area contributed by atoms with Crippen LogP contribution in [-0.4, -0.2) is 24.0 Å². The van der Waals surface area contributed by atoms with Gasteiger partial charge in [0, 0.05) is 0 Å². The first-order valence-electron chi connectivity index (χ1n) is 3.82. The number of hydrogen-bond donors (Lipinski definition) is 3. The Morgan fingerprint density at radius 3 is 2.64 bits per heavy atom. The van der Waals surface area contributed by atoms with Crippen molar-refractivity contribution in [1.29, 1.82) is 5.41 Å². The van der Waals surface area contributed by atoms with Crippen LogP contribution < -0.4 is 10.5 Å². The van der Waals surface area contributed by atoms with Crippen LogP contribution in [0.3, 0.4) is 0 Å². The van der Waals surface area contributed by atoms with Gasteiger partial charge < -0.3 is 15.6 Å². The molecule has 4 N–H and O–H groups in total. The molecule has 0 bridgehead atoms. The van der Waals surface area contributed by atoms with Crippen LogP contribution in [0.1, 0.15) is 15.9 Å². The number of carboxylic acids is 1. The average molecular weight is 194 g/mol. The molecular weight excluding hydrogens is 184 g/mol. The molecule has 1 rings (SSSR count). The van der Waals surface area contributed by atoms with E-state index >= 15 is 0 Å². The number of methoxy groups -OCH3 is 1. The molecule has 1 aromatic carbocycles. The van der Waals surface area contributed by atoms with E-state index < -0.39 is 5.97 Å². The number of carboxylic acid groups (broad SMARTS) is 1. The van der Waals surface area contributed by atoms with Gasteiger partial charge in [0.25, 0.3) is 0 Å². The number of nitrogens with two attached hydrogens (primary N) is 1. The van der Waals surface area contributed by atoms with E-state index in [1.165, 1.54) is 19.2 Å². The van der Waals surface area contributed by atoms with E-state index in [2.05, 4.69) is 0 Å². The molecule has 0 fully saturated rings. The standard InChI is InChI=1S/C9H10N2O3/c1-14-6-4-2-3-5(9(12)13)7(6)8(10)11/h2-4H,1H3,(H3,10,11)(H,12,13). The first-order valence-corrected chi connectivity index (χ1v) is 3.82. The van der Waals surface area contributed by atoms with Crippen molar-refractivity contribution in [3.05, 3.63) is 29.3 Å². The van der Waals surface area contributed by atoms with E-state index in [-0.39, 0.29) is 22.7 Å². The molecule has 14 heavy (non-hydrogen) atoms. The maximum absolute atomic E-state index is 10.8. The molecule has 0 aliphatic rings. The second-order valence-electron chi connectivity index (χ2n) is 2.60. The number of benzene rings is 1. The molecule has 0 aromatic heterocycles. The van der Waals surface area contributed by atoms with Crippen molar-refractivity contribution >= 4 is 11.8 Å². The minimum absolute atomic E-state index is 0.0307. The Balaban J connectivity index is 3.43. The van der Waals surface area contributed by atoms with Crippen molar-refractivity contribution in [1.82, 2.24) is 0 Å². The van der Waals surface area contributed by atoms with Gasteiger partial charge >= 0.3 is 5.97 Å². The van der Waals surface area contributed by atoms with E-state index in [1.54, 1.807) is 6.07 Å². The second-order valence-corrected chi connectivity index (χ2v) is 2.60. The Kier molecular flexibility index (Phi) is 2.71. The molecule has 0 radical (unpaired) electrons. The van der Waals surface area contributed by atoms with Crippen LogP contribution in [0.15, 0.2) is 18.2 Å². The lowest BCUT2D eigenvalue weighted by molar-refractivity contribution is 0.0696. The third-order valence-electron chi connectivity index (χ3n) is 1.75. The summed E-state index contributed by atoms with van der Waals surface area (Å²) in [5.74, 6) is -1.16. The van der Waals surface area contributed by atoms with E-state index in [0.717, 1.165) is 0 Å². The molecule has 0 unspecified atom stereocenters. The molecular formula is C9H10N2O3. The van der Waals surface area contributed by atoms with Crippen LogP contribution in [0.25, 0.3) is 0 Å². The molecule has 74 valence electrons. The Hall–Kier alpha value is -2.04. The van der Waals surface area contributed by atoms with E-state index in [1.807, 2.05) is 0 Å². The zero-order valence-corrected chi connectivity index (χ0v) is 7.57. The van der Waals surface area contributed by atoms with Gasteiger partial charge in [-0.25, -0.2) is 4.79 Å². The van der Waals surface area contributed by atoms with Gasteiger partial charge in [-0.3, -0.25) is 5.41 Å². The summed E-state index contributed by atoms with van der Waals surface area (Å²) in [6, 6.07) is 4.47. The predicted molar refractivity (Wildman–Crippen MR) is 51.0 cm³/mol. The number of hydrogen-bond acceptors (Lipinski definition) is 3. The van der Waals surface area contributed by atoms with E-state index in [9.17, 15) is 4.79 Å². The van der Waals surface area contributed by atoms with Crippen molar-refractivity contribution < 1.29 is 14.6 Å². The summed E-state index contributed by atoms with van der Waals surface area (Å²) in [6.45, 7) is 0. The fraction of sp³-hybridized carbons (Fsp3) is 0.111. The molecule has 5 nitrogen and oxygen atoms in total. The van der Waals surface area contributed by atoms with Crippen molar-refractivity contribution in [2.24, 2.45) is 5.73 Å². The van der Waals surface area contributed by atoms with Gasteiger partial charge in [-0.15, -0.1) is 0 Å². The van der Waals surface area contributed by atoms with Crippen molar-refractivity contribution in [3.8, 4) is 5.75 Å². The number of carbonyl (C=O) groups is 1. The van der Waals surface area contributed by atoms with E-state index in [4.69, 9.17) is 21.0 Å². The third kappa shape index (κ3) is 1.66. The lowest BCUT2D eigenvalue weighted by Crippen LogP contribution is -2.17. The molecule has 0 aliphatic carbocycles. The molecule has 0 saturated carbocycles. The fourth-order valence-electron chi connectivity index (χ4n) is 1.16. The number of ether oxygens (including phenoxy) is 1. The Morgan fingerprint density at radius 1 is 1.57 bits per heavy atom. The minimum atomic E-state index is -1.13. The van der Waals surface area contributed by atoms with Crippen LogP contribution in [0.5, 0.6) is 5.75 Å². The maximum atomic E-state index is 10.8. The maximum Gasteiger partial charge on any atom is 0.336 e. The summed E-state index contributed by atoms with van der Waals surface area (Å²) in [7, 11) is 1.40. The van der Waals surface area contributed by atoms with E-state index in [0.29, 0.717) is 0 Å². The van der Waals surface area contributed by atoms with Crippen molar-refractivity contribution in [2.75, 3.05) is 7.11 Å². The number of amidine groups is 1. The number of rotatable bonds is 3. The number of aromatic carboxylic acids is 1. The molecule has 0 heterocycles. The molecule has 5 heteroatoms. The Bertz CT molecular complexity index is 388. The Morgan fingerprint density at radius 2 is 2.21 bits per heavy atom.